The molecule has 2 aromatic heterocycles. The molecule has 0 aliphatic carbocycles. The lowest BCUT2D eigenvalue weighted by Gasteiger charge is -2.18. The number of carbonyl (C=O) groups excluding carboxylic acids is 1. The van der Waals surface area contributed by atoms with Crippen molar-refractivity contribution in [1.29, 1.82) is 5.26 Å². The minimum atomic E-state index is -3.56. The van der Waals surface area contributed by atoms with Crippen LogP contribution in [0.1, 0.15) is 27.8 Å². The second-order valence-corrected chi connectivity index (χ2v) is 8.93. The van der Waals surface area contributed by atoms with Crippen molar-refractivity contribution in [2.45, 2.75) is 10.9 Å². The van der Waals surface area contributed by atoms with Crippen molar-refractivity contribution in [1.82, 2.24) is 25.1 Å². The van der Waals surface area contributed by atoms with Crippen molar-refractivity contribution in [2.24, 2.45) is 0 Å². The number of hydrogen-bond acceptors (Lipinski definition) is 8. The van der Waals surface area contributed by atoms with Crippen LogP contribution < -0.4 is 5.32 Å². The number of carbonyl (C=O) groups is 1. The maximum atomic E-state index is 12.9. The van der Waals surface area contributed by atoms with E-state index in [1.54, 1.807) is 12.1 Å². The van der Waals surface area contributed by atoms with Crippen LogP contribution >= 0.6 is 11.6 Å². The normalized spacial score (nSPS) is 12.2. The summed E-state index contributed by atoms with van der Waals surface area (Å²) in [5.41, 5.74) is 0.450. The molecule has 0 radical (unpaired) electrons. The Balaban J connectivity index is 1.93. The molecule has 0 aliphatic heterocycles. The lowest BCUT2D eigenvalue weighted by atomic mass is 10.2. The number of nitriles is 1. The average molecular weight is 461 g/mol. The largest absolute Gasteiger partial charge is 0.382 e. The summed E-state index contributed by atoms with van der Waals surface area (Å²) in [4.78, 5) is 21.2. The fourth-order valence-electron chi connectivity index (χ4n) is 2.74. The van der Waals surface area contributed by atoms with Crippen LogP contribution in [0.3, 0.4) is 0 Å². The molecule has 0 saturated carbocycles. The summed E-state index contributed by atoms with van der Waals surface area (Å²) in [6.07, 6.45) is 3.72. The number of aromatic nitrogens is 4. The Labute approximate surface area is 183 Å². The first kappa shape index (κ1) is 22.4. The first-order valence-corrected chi connectivity index (χ1v) is 11.1. The molecule has 1 amide bonds. The fraction of sp³-hybridized carbons (Fsp3) is 0.211. The Kier molecular flexibility index (Phi) is 6.65. The zero-order valence-electron chi connectivity index (χ0n) is 16.5. The molecule has 1 N–H and O–H groups in total. The van der Waals surface area contributed by atoms with Crippen molar-refractivity contribution in [3.63, 3.8) is 0 Å². The number of amides is 1. The Morgan fingerprint density at radius 1 is 1.32 bits per heavy atom. The third-order valence-electron chi connectivity index (χ3n) is 4.18. The predicted molar refractivity (Wildman–Crippen MR) is 111 cm³/mol. The Bertz CT molecular complexity index is 1250. The highest BCUT2D eigenvalue weighted by Crippen LogP contribution is 2.21. The number of methoxy groups -OCH3 is 1. The molecule has 1 atom stereocenters. The fourth-order valence-corrected chi connectivity index (χ4v) is 3.72. The monoisotopic (exact) mass is 460 g/mol. The Hall–Kier alpha value is -3.33. The average Bonchev–Trinajstić information content (AvgIpc) is 3.22. The minimum absolute atomic E-state index is 0.0558. The molecule has 10 nitrogen and oxygen atoms in total. The number of rotatable bonds is 7. The maximum Gasteiger partial charge on any atom is 0.252 e. The highest BCUT2D eigenvalue weighted by atomic mass is 35.5. The molecular formula is C19H17ClN6O4S. The van der Waals surface area contributed by atoms with E-state index in [-0.39, 0.29) is 22.1 Å². The molecule has 0 aliphatic rings. The molecule has 3 aromatic rings. The summed E-state index contributed by atoms with van der Waals surface area (Å²) in [5.74, 6) is 0.151. The number of hydrogen-bond donors (Lipinski definition) is 1. The lowest BCUT2D eigenvalue weighted by Crippen LogP contribution is -2.33. The summed E-state index contributed by atoms with van der Waals surface area (Å²) in [7, 11) is -2.10. The summed E-state index contributed by atoms with van der Waals surface area (Å²) in [5, 5.41) is 15.9. The van der Waals surface area contributed by atoms with Gasteiger partial charge in [0.05, 0.1) is 17.1 Å². The smallest absolute Gasteiger partial charge is 0.252 e. The lowest BCUT2D eigenvalue weighted by molar-refractivity contribution is 0.0890. The number of nitrogens with zero attached hydrogens (tertiary/aromatic N) is 5. The molecule has 31 heavy (non-hydrogen) atoms. The number of halogens is 1. The van der Waals surface area contributed by atoms with Crippen LogP contribution in [0.2, 0.25) is 5.02 Å². The van der Waals surface area contributed by atoms with Gasteiger partial charge in [-0.3, -0.25) is 4.79 Å². The van der Waals surface area contributed by atoms with Gasteiger partial charge in [-0.15, -0.1) is 0 Å². The van der Waals surface area contributed by atoms with E-state index in [0.29, 0.717) is 17.2 Å². The van der Waals surface area contributed by atoms with Gasteiger partial charge in [-0.2, -0.15) is 15.0 Å². The van der Waals surface area contributed by atoms with Gasteiger partial charge in [-0.1, -0.05) is 11.6 Å². The molecule has 0 saturated heterocycles. The van der Waals surface area contributed by atoms with Crippen LogP contribution in [0.25, 0.3) is 5.82 Å². The molecule has 3 rings (SSSR count). The van der Waals surface area contributed by atoms with E-state index in [9.17, 15) is 13.2 Å². The van der Waals surface area contributed by atoms with E-state index in [1.165, 1.54) is 42.5 Å². The number of pyridine rings is 1. The standard InChI is InChI=1S/C19H17ClN6O4S/c1-30-10-16(18-23-11-24-26(18)17-4-3-12(8-21)9-22-17)25-19(27)13-5-14(20)7-15(6-13)31(2,28)29/h3-7,9,11,16H,10H2,1-2H3,(H,25,27). The summed E-state index contributed by atoms with van der Waals surface area (Å²) in [6.45, 7) is 0.0558. The molecule has 2 heterocycles. The second-order valence-electron chi connectivity index (χ2n) is 6.48. The van der Waals surface area contributed by atoms with Crippen LogP contribution in [0.4, 0.5) is 0 Å². The van der Waals surface area contributed by atoms with Gasteiger partial charge in [-0.25, -0.2) is 18.4 Å². The van der Waals surface area contributed by atoms with Crippen LogP contribution in [0.15, 0.2) is 47.8 Å². The van der Waals surface area contributed by atoms with E-state index < -0.39 is 21.8 Å². The van der Waals surface area contributed by atoms with Gasteiger partial charge >= 0.3 is 0 Å². The van der Waals surface area contributed by atoms with E-state index in [0.717, 1.165) is 6.26 Å². The summed E-state index contributed by atoms with van der Waals surface area (Å²) in [6, 6.07) is 8.30. The van der Waals surface area contributed by atoms with Gasteiger partial charge in [0.25, 0.3) is 5.91 Å². The Morgan fingerprint density at radius 2 is 2.10 bits per heavy atom. The summed E-state index contributed by atoms with van der Waals surface area (Å²) < 4.78 is 30.3. The molecule has 0 bridgehead atoms. The van der Waals surface area contributed by atoms with E-state index in [1.807, 2.05) is 6.07 Å². The van der Waals surface area contributed by atoms with Gasteiger partial charge < -0.3 is 10.1 Å². The molecule has 160 valence electrons. The molecule has 0 fully saturated rings. The first-order valence-electron chi connectivity index (χ1n) is 8.80. The first-order chi connectivity index (χ1) is 14.7. The predicted octanol–water partition coefficient (Wildman–Crippen LogP) is 1.71. The third kappa shape index (κ3) is 5.24. The summed E-state index contributed by atoms with van der Waals surface area (Å²) >= 11 is 6.00. The van der Waals surface area contributed by atoms with Crippen molar-refractivity contribution < 1.29 is 17.9 Å². The minimum Gasteiger partial charge on any atom is -0.382 e. The number of ether oxygens (including phenoxy) is 1. The molecular weight excluding hydrogens is 444 g/mol. The van der Waals surface area contributed by atoms with Crippen molar-refractivity contribution >= 4 is 27.3 Å². The highest BCUT2D eigenvalue weighted by Gasteiger charge is 2.23. The van der Waals surface area contributed by atoms with Gasteiger partial charge in [0.15, 0.2) is 21.5 Å². The molecule has 1 unspecified atom stereocenters. The zero-order valence-corrected chi connectivity index (χ0v) is 18.1. The van der Waals surface area contributed by atoms with Crippen molar-refractivity contribution in [3.8, 4) is 11.9 Å². The Morgan fingerprint density at radius 3 is 2.71 bits per heavy atom. The van der Waals surface area contributed by atoms with E-state index in [2.05, 4.69) is 20.4 Å². The van der Waals surface area contributed by atoms with Crippen molar-refractivity contribution in [2.75, 3.05) is 20.0 Å². The van der Waals surface area contributed by atoms with Crippen LogP contribution in [0, 0.1) is 11.3 Å². The van der Waals surface area contributed by atoms with E-state index in [4.69, 9.17) is 21.6 Å². The molecule has 1 aromatic carbocycles. The number of nitrogens with one attached hydrogen (secondary N) is 1. The maximum absolute atomic E-state index is 12.9. The van der Waals surface area contributed by atoms with Crippen LogP contribution in [-0.2, 0) is 14.6 Å². The highest BCUT2D eigenvalue weighted by molar-refractivity contribution is 7.90. The van der Waals surface area contributed by atoms with Crippen LogP contribution in [0.5, 0.6) is 0 Å². The van der Waals surface area contributed by atoms with Crippen molar-refractivity contribution in [3.05, 3.63) is 64.8 Å². The number of sulfone groups is 1. The van der Waals surface area contributed by atoms with Gasteiger partial charge in [0.2, 0.25) is 0 Å². The van der Waals surface area contributed by atoms with Gasteiger partial charge in [-0.05, 0) is 30.3 Å². The molecule has 0 spiro atoms. The second kappa shape index (κ2) is 9.22. The van der Waals surface area contributed by atoms with Gasteiger partial charge in [0, 0.05) is 30.1 Å². The zero-order chi connectivity index (χ0) is 22.6. The van der Waals surface area contributed by atoms with Crippen LogP contribution in [-0.4, -0.2) is 54.0 Å². The van der Waals surface area contributed by atoms with Gasteiger partial charge in [0.1, 0.15) is 18.4 Å². The molecule has 12 heteroatoms. The topological polar surface area (TPSA) is 140 Å². The third-order valence-corrected chi connectivity index (χ3v) is 5.49. The SMILES string of the molecule is COCC(NC(=O)c1cc(Cl)cc(S(C)(=O)=O)c1)c1ncnn1-c1ccc(C#N)cn1. The quantitative estimate of drug-likeness (QED) is 0.561. The number of benzene rings is 1. The van der Waals surface area contributed by atoms with E-state index >= 15 is 0 Å².